The van der Waals surface area contributed by atoms with Gasteiger partial charge in [-0.3, -0.25) is 0 Å². The normalized spacial score (nSPS) is 27.2. The Morgan fingerprint density at radius 2 is 1.61 bits per heavy atom. The van der Waals surface area contributed by atoms with Crippen LogP contribution in [0.3, 0.4) is 0 Å². The number of hydrogen-bond donors (Lipinski definition) is 1. The molecule has 0 amide bonds. The quantitative estimate of drug-likeness (QED) is 0.755. The third-order valence-corrected chi connectivity index (χ3v) is 4.74. The van der Waals surface area contributed by atoms with Crippen molar-refractivity contribution in [2.45, 2.75) is 37.8 Å². The Morgan fingerprint density at radius 1 is 1.00 bits per heavy atom. The zero-order valence-electron chi connectivity index (χ0n) is 15.8. The number of nitrogens with zero attached hydrogens (tertiary/aromatic N) is 1. The maximum atomic E-state index is 10.6. The Bertz CT molecular complexity index is 749. The van der Waals surface area contributed by atoms with Crippen LogP contribution in [0, 0.1) is 17.2 Å². The van der Waals surface area contributed by atoms with Crippen LogP contribution in [0.4, 0.5) is 0 Å². The molecule has 148 valence electrons. The molecule has 0 saturated carbocycles. The third-order valence-electron chi connectivity index (χ3n) is 4.74. The van der Waals surface area contributed by atoms with E-state index in [4.69, 9.17) is 18.9 Å². The Balaban J connectivity index is 1.59. The van der Waals surface area contributed by atoms with E-state index in [1.807, 2.05) is 60.7 Å². The van der Waals surface area contributed by atoms with Crippen LogP contribution >= 0.6 is 0 Å². The zero-order valence-corrected chi connectivity index (χ0v) is 15.8. The molecule has 5 atom stereocenters. The summed E-state index contributed by atoms with van der Waals surface area (Å²) >= 11 is 0. The van der Waals surface area contributed by atoms with Crippen molar-refractivity contribution in [1.29, 1.82) is 5.26 Å². The van der Waals surface area contributed by atoms with E-state index in [0.29, 0.717) is 13.2 Å². The Hall–Kier alpha value is -2.27. The highest BCUT2D eigenvalue weighted by Gasteiger charge is 2.46. The molecular weight excluding hydrogens is 358 g/mol. The highest BCUT2D eigenvalue weighted by Crippen LogP contribution is 2.29. The Kier molecular flexibility index (Phi) is 7.54. The zero-order chi connectivity index (χ0) is 19.8. The number of aliphatic hydroxyl groups is 1. The van der Waals surface area contributed by atoms with Gasteiger partial charge in [0.05, 0.1) is 25.9 Å². The molecular formula is C22H25NO5. The van der Waals surface area contributed by atoms with Crippen molar-refractivity contribution in [1.82, 2.24) is 0 Å². The number of aliphatic hydroxyl groups excluding tert-OH is 1. The van der Waals surface area contributed by atoms with Crippen molar-refractivity contribution in [3.8, 4) is 6.07 Å². The molecule has 6 heteroatoms. The Labute approximate surface area is 165 Å². The molecule has 0 spiro atoms. The predicted octanol–water partition coefficient (Wildman–Crippen LogP) is 2.66. The van der Waals surface area contributed by atoms with Gasteiger partial charge >= 0.3 is 0 Å². The lowest BCUT2D eigenvalue weighted by Gasteiger charge is -2.41. The van der Waals surface area contributed by atoms with Crippen molar-refractivity contribution < 1.29 is 24.1 Å². The largest absolute Gasteiger partial charge is 0.389 e. The van der Waals surface area contributed by atoms with Crippen LogP contribution in [0.15, 0.2) is 60.7 Å². The number of methoxy groups -OCH3 is 1. The molecule has 3 rings (SSSR count). The summed E-state index contributed by atoms with van der Waals surface area (Å²) in [5, 5.41) is 20.3. The minimum absolute atomic E-state index is 0.152. The van der Waals surface area contributed by atoms with Crippen LogP contribution in [-0.4, -0.2) is 43.4 Å². The van der Waals surface area contributed by atoms with Gasteiger partial charge in [-0.25, -0.2) is 0 Å². The van der Waals surface area contributed by atoms with E-state index in [1.165, 1.54) is 7.11 Å². The average Bonchev–Trinajstić information content (AvgIpc) is 2.75. The van der Waals surface area contributed by atoms with Crippen molar-refractivity contribution in [3.63, 3.8) is 0 Å². The molecule has 1 aliphatic rings. The first-order valence-electron chi connectivity index (χ1n) is 9.26. The summed E-state index contributed by atoms with van der Waals surface area (Å²) in [6.45, 7) is 0.852. The first-order valence-corrected chi connectivity index (χ1v) is 9.26. The minimum atomic E-state index is -1.03. The lowest BCUT2D eigenvalue weighted by Crippen LogP contribution is -2.56. The molecule has 28 heavy (non-hydrogen) atoms. The van der Waals surface area contributed by atoms with E-state index in [0.717, 1.165) is 11.1 Å². The van der Waals surface area contributed by atoms with Crippen LogP contribution in [0.2, 0.25) is 0 Å². The summed E-state index contributed by atoms with van der Waals surface area (Å²) in [7, 11) is 1.50. The van der Waals surface area contributed by atoms with Crippen molar-refractivity contribution in [2.24, 2.45) is 5.92 Å². The predicted molar refractivity (Wildman–Crippen MR) is 102 cm³/mol. The fraction of sp³-hybridized carbons (Fsp3) is 0.409. The molecule has 0 radical (unpaired) electrons. The van der Waals surface area contributed by atoms with E-state index in [1.54, 1.807) is 0 Å². The molecule has 0 aliphatic carbocycles. The van der Waals surface area contributed by atoms with Crippen molar-refractivity contribution in [2.75, 3.05) is 13.7 Å². The van der Waals surface area contributed by atoms with Gasteiger partial charge in [0.25, 0.3) is 0 Å². The molecule has 0 aromatic heterocycles. The molecule has 6 nitrogen and oxygen atoms in total. The van der Waals surface area contributed by atoms with E-state index in [-0.39, 0.29) is 6.61 Å². The minimum Gasteiger partial charge on any atom is -0.389 e. The molecule has 2 aromatic rings. The van der Waals surface area contributed by atoms with Crippen molar-refractivity contribution in [3.05, 3.63) is 71.8 Å². The van der Waals surface area contributed by atoms with Gasteiger partial charge in [-0.15, -0.1) is 0 Å². The number of rotatable bonds is 8. The average molecular weight is 383 g/mol. The second kappa shape index (κ2) is 10.3. The molecule has 0 unspecified atom stereocenters. The highest BCUT2D eigenvalue weighted by atomic mass is 16.7. The van der Waals surface area contributed by atoms with E-state index in [2.05, 4.69) is 6.07 Å². The molecule has 1 heterocycles. The summed E-state index contributed by atoms with van der Waals surface area (Å²) in [6, 6.07) is 21.5. The topological polar surface area (TPSA) is 80.9 Å². The fourth-order valence-corrected chi connectivity index (χ4v) is 3.22. The van der Waals surface area contributed by atoms with Crippen LogP contribution in [0.1, 0.15) is 11.1 Å². The molecule has 1 fully saturated rings. The van der Waals surface area contributed by atoms with Crippen LogP contribution < -0.4 is 0 Å². The van der Waals surface area contributed by atoms with Crippen LogP contribution in [0.5, 0.6) is 0 Å². The maximum Gasteiger partial charge on any atom is 0.185 e. The monoisotopic (exact) mass is 383 g/mol. The molecule has 1 N–H and O–H groups in total. The smallest absolute Gasteiger partial charge is 0.185 e. The van der Waals surface area contributed by atoms with E-state index in [9.17, 15) is 10.4 Å². The maximum absolute atomic E-state index is 10.6. The third kappa shape index (κ3) is 5.16. The van der Waals surface area contributed by atoms with Gasteiger partial charge in [-0.05, 0) is 11.1 Å². The summed E-state index contributed by atoms with van der Waals surface area (Å²) < 4.78 is 22.8. The Morgan fingerprint density at radius 3 is 2.18 bits per heavy atom. The summed E-state index contributed by atoms with van der Waals surface area (Å²) in [5.41, 5.74) is 1.99. The van der Waals surface area contributed by atoms with E-state index >= 15 is 0 Å². The van der Waals surface area contributed by atoms with Crippen LogP contribution in [-0.2, 0) is 32.2 Å². The summed E-state index contributed by atoms with van der Waals surface area (Å²) in [4.78, 5) is 0. The lowest BCUT2D eigenvalue weighted by atomic mass is 9.90. The van der Waals surface area contributed by atoms with Crippen LogP contribution in [0.25, 0.3) is 0 Å². The number of nitriles is 1. The second-order valence-corrected chi connectivity index (χ2v) is 6.69. The van der Waals surface area contributed by atoms with Crippen molar-refractivity contribution >= 4 is 0 Å². The number of hydrogen-bond acceptors (Lipinski definition) is 6. The van der Waals surface area contributed by atoms with Gasteiger partial charge in [0.1, 0.15) is 24.2 Å². The second-order valence-electron chi connectivity index (χ2n) is 6.69. The number of ether oxygens (including phenoxy) is 4. The van der Waals surface area contributed by atoms with Gasteiger partial charge in [0.15, 0.2) is 6.29 Å². The van der Waals surface area contributed by atoms with E-state index < -0.39 is 30.5 Å². The standard InChI is InChI=1S/C22H25NO5/c1-25-22-21(27-14-17-10-6-3-7-11-17)18(12-23)20(24)19(28-22)15-26-13-16-8-4-2-5-9-16/h2-11,18-22,24H,13-15H2,1H3/t18-,19-,20-,21-,22+/m1/s1. The van der Waals surface area contributed by atoms with Gasteiger partial charge in [-0.1, -0.05) is 60.7 Å². The number of benzene rings is 2. The van der Waals surface area contributed by atoms with Gasteiger partial charge in [-0.2, -0.15) is 5.26 Å². The first kappa shape index (κ1) is 20.5. The summed E-state index contributed by atoms with van der Waals surface area (Å²) in [6.07, 6.45) is -3.17. The van der Waals surface area contributed by atoms with Gasteiger partial charge in [0.2, 0.25) is 0 Å². The molecule has 2 aromatic carbocycles. The lowest BCUT2D eigenvalue weighted by molar-refractivity contribution is -0.288. The SMILES string of the molecule is CO[C@H]1O[C@H](COCc2ccccc2)[C@H](O)[C@@H](C#N)[C@H]1OCc1ccccc1. The summed E-state index contributed by atoms with van der Waals surface area (Å²) in [5.74, 6) is -0.785. The highest BCUT2D eigenvalue weighted by molar-refractivity contribution is 5.14. The van der Waals surface area contributed by atoms with Gasteiger partial charge < -0.3 is 24.1 Å². The molecule has 1 saturated heterocycles. The molecule has 0 bridgehead atoms. The fourth-order valence-electron chi connectivity index (χ4n) is 3.22. The van der Waals surface area contributed by atoms with Gasteiger partial charge in [0, 0.05) is 7.11 Å². The molecule has 1 aliphatic heterocycles. The first-order chi connectivity index (χ1) is 13.7.